The van der Waals surface area contributed by atoms with Crippen LogP contribution in [0.5, 0.6) is 0 Å². The van der Waals surface area contributed by atoms with E-state index < -0.39 is 11.6 Å². The van der Waals surface area contributed by atoms with Gasteiger partial charge in [-0.3, -0.25) is 4.79 Å². The summed E-state index contributed by atoms with van der Waals surface area (Å²) >= 11 is 0. The first kappa shape index (κ1) is 13.9. The topological polar surface area (TPSA) is 40.5 Å². The SMILES string of the molecule is O=C(CCCO)N(Cc1ccc(F)cc1F)C1CC1. The quantitative estimate of drug-likeness (QED) is 0.860. The van der Waals surface area contributed by atoms with E-state index in [-0.39, 0.29) is 31.5 Å². The molecule has 3 nitrogen and oxygen atoms in total. The molecule has 1 aliphatic carbocycles. The van der Waals surface area contributed by atoms with E-state index in [2.05, 4.69) is 0 Å². The van der Waals surface area contributed by atoms with E-state index in [0.29, 0.717) is 12.0 Å². The molecule has 5 heteroatoms. The summed E-state index contributed by atoms with van der Waals surface area (Å²) in [5.41, 5.74) is 0.325. The van der Waals surface area contributed by atoms with Gasteiger partial charge < -0.3 is 10.0 Å². The number of hydrogen-bond acceptors (Lipinski definition) is 2. The number of amides is 1. The van der Waals surface area contributed by atoms with Crippen molar-refractivity contribution in [2.45, 2.75) is 38.3 Å². The van der Waals surface area contributed by atoms with Gasteiger partial charge in [-0.15, -0.1) is 0 Å². The lowest BCUT2D eigenvalue weighted by Gasteiger charge is -2.22. The van der Waals surface area contributed by atoms with Crippen molar-refractivity contribution in [3.63, 3.8) is 0 Å². The van der Waals surface area contributed by atoms with E-state index in [1.807, 2.05) is 0 Å². The number of benzene rings is 1. The minimum Gasteiger partial charge on any atom is -0.396 e. The van der Waals surface area contributed by atoms with Crippen LogP contribution < -0.4 is 0 Å². The largest absolute Gasteiger partial charge is 0.396 e. The Balaban J connectivity index is 2.06. The third kappa shape index (κ3) is 3.73. The number of carbonyl (C=O) groups is 1. The van der Waals surface area contributed by atoms with Crippen molar-refractivity contribution < 1.29 is 18.7 Å². The number of rotatable bonds is 6. The van der Waals surface area contributed by atoms with Crippen LogP contribution in [0, 0.1) is 11.6 Å². The van der Waals surface area contributed by atoms with Crippen molar-refractivity contribution in [1.29, 1.82) is 0 Å². The van der Waals surface area contributed by atoms with Crippen LogP contribution in [0.15, 0.2) is 18.2 Å². The number of halogens is 2. The highest BCUT2D eigenvalue weighted by atomic mass is 19.1. The number of nitrogens with zero attached hydrogens (tertiary/aromatic N) is 1. The molecular weight excluding hydrogens is 252 g/mol. The molecule has 2 rings (SSSR count). The third-order valence-corrected chi connectivity index (χ3v) is 3.21. The molecule has 0 bridgehead atoms. The van der Waals surface area contributed by atoms with Crippen LogP contribution in [0.4, 0.5) is 8.78 Å². The Morgan fingerprint density at radius 1 is 1.37 bits per heavy atom. The molecular formula is C14H17F2NO2. The minimum absolute atomic E-state index is 0.0326. The second-order valence-electron chi connectivity index (χ2n) is 4.82. The predicted octanol–water partition coefficient (Wildman–Crippen LogP) is 2.23. The van der Waals surface area contributed by atoms with Crippen molar-refractivity contribution in [2.24, 2.45) is 0 Å². The van der Waals surface area contributed by atoms with Crippen LogP contribution in [-0.4, -0.2) is 28.6 Å². The number of aliphatic hydroxyl groups is 1. The van der Waals surface area contributed by atoms with Crippen LogP contribution in [0.1, 0.15) is 31.2 Å². The Bertz CT molecular complexity index is 461. The average Bonchev–Trinajstić information content (AvgIpc) is 3.19. The van der Waals surface area contributed by atoms with E-state index in [4.69, 9.17) is 5.11 Å². The number of aliphatic hydroxyl groups excluding tert-OH is 1. The normalized spacial score (nSPS) is 14.5. The first-order chi connectivity index (χ1) is 9.11. The molecule has 1 amide bonds. The van der Waals surface area contributed by atoms with E-state index in [9.17, 15) is 13.6 Å². The van der Waals surface area contributed by atoms with Crippen LogP contribution in [0.2, 0.25) is 0 Å². The fourth-order valence-corrected chi connectivity index (χ4v) is 2.01. The molecule has 0 unspecified atom stereocenters. The van der Waals surface area contributed by atoms with Crippen LogP contribution in [0.3, 0.4) is 0 Å². The molecule has 1 N–H and O–H groups in total. The summed E-state index contributed by atoms with van der Waals surface area (Å²) in [4.78, 5) is 13.6. The molecule has 1 aliphatic rings. The highest BCUT2D eigenvalue weighted by Crippen LogP contribution is 2.29. The fourth-order valence-electron chi connectivity index (χ4n) is 2.01. The van der Waals surface area contributed by atoms with Gasteiger partial charge in [0.2, 0.25) is 5.91 Å². The zero-order valence-electron chi connectivity index (χ0n) is 10.6. The van der Waals surface area contributed by atoms with Crippen molar-refractivity contribution in [2.75, 3.05) is 6.61 Å². The minimum atomic E-state index is -0.624. The molecule has 104 valence electrons. The number of hydrogen-bond donors (Lipinski definition) is 1. The summed E-state index contributed by atoms with van der Waals surface area (Å²) in [6, 6.07) is 3.57. The summed E-state index contributed by atoms with van der Waals surface area (Å²) < 4.78 is 26.4. The monoisotopic (exact) mass is 269 g/mol. The average molecular weight is 269 g/mol. The highest BCUT2D eigenvalue weighted by molar-refractivity contribution is 5.76. The van der Waals surface area contributed by atoms with Crippen molar-refractivity contribution >= 4 is 5.91 Å². The van der Waals surface area contributed by atoms with Crippen LogP contribution >= 0.6 is 0 Å². The molecule has 0 saturated heterocycles. The van der Waals surface area contributed by atoms with Gasteiger partial charge in [0.05, 0.1) is 0 Å². The van der Waals surface area contributed by atoms with Gasteiger partial charge in [0.25, 0.3) is 0 Å². The van der Waals surface area contributed by atoms with Gasteiger partial charge in [-0.1, -0.05) is 6.07 Å². The molecule has 19 heavy (non-hydrogen) atoms. The third-order valence-electron chi connectivity index (χ3n) is 3.21. The predicted molar refractivity (Wildman–Crippen MR) is 66.2 cm³/mol. The van der Waals surface area contributed by atoms with Crippen molar-refractivity contribution in [3.05, 3.63) is 35.4 Å². The summed E-state index contributed by atoms with van der Waals surface area (Å²) in [7, 11) is 0. The summed E-state index contributed by atoms with van der Waals surface area (Å²) in [6.07, 6.45) is 2.52. The molecule has 0 radical (unpaired) electrons. The van der Waals surface area contributed by atoms with Gasteiger partial charge in [-0.05, 0) is 25.3 Å². The molecule has 0 atom stereocenters. The first-order valence-corrected chi connectivity index (χ1v) is 6.46. The van der Waals surface area contributed by atoms with E-state index in [1.165, 1.54) is 12.1 Å². The van der Waals surface area contributed by atoms with Crippen molar-refractivity contribution in [3.8, 4) is 0 Å². The zero-order chi connectivity index (χ0) is 13.8. The van der Waals surface area contributed by atoms with Crippen LogP contribution in [0.25, 0.3) is 0 Å². The second-order valence-corrected chi connectivity index (χ2v) is 4.82. The Kier molecular flexibility index (Phi) is 4.47. The van der Waals surface area contributed by atoms with Crippen molar-refractivity contribution in [1.82, 2.24) is 4.90 Å². The second kappa shape index (κ2) is 6.10. The molecule has 1 fully saturated rings. The number of carbonyl (C=O) groups excluding carboxylic acids is 1. The van der Waals surface area contributed by atoms with Crippen LogP contribution in [-0.2, 0) is 11.3 Å². The lowest BCUT2D eigenvalue weighted by molar-refractivity contribution is -0.132. The molecule has 0 spiro atoms. The molecule has 0 aliphatic heterocycles. The highest BCUT2D eigenvalue weighted by Gasteiger charge is 2.32. The Morgan fingerprint density at radius 2 is 2.11 bits per heavy atom. The molecule has 1 aromatic rings. The molecule has 0 heterocycles. The lowest BCUT2D eigenvalue weighted by Crippen LogP contribution is -2.32. The van der Waals surface area contributed by atoms with Gasteiger partial charge in [0, 0.05) is 37.2 Å². The van der Waals surface area contributed by atoms with Gasteiger partial charge in [-0.2, -0.15) is 0 Å². The smallest absolute Gasteiger partial charge is 0.223 e. The molecule has 1 aromatic carbocycles. The fraction of sp³-hybridized carbons (Fsp3) is 0.500. The molecule has 1 saturated carbocycles. The van der Waals surface area contributed by atoms with Gasteiger partial charge in [0.15, 0.2) is 0 Å². The molecule has 0 aromatic heterocycles. The maximum absolute atomic E-state index is 13.6. The first-order valence-electron chi connectivity index (χ1n) is 6.46. The summed E-state index contributed by atoms with van der Waals surface area (Å²) in [6.45, 7) is 0.135. The van der Waals surface area contributed by atoms with Gasteiger partial charge in [0.1, 0.15) is 11.6 Å². The maximum Gasteiger partial charge on any atom is 0.223 e. The van der Waals surface area contributed by atoms with E-state index in [0.717, 1.165) is 18.9 Å². The van der Waals surface area contributed by atoms with E-state index >= 15 is 0 Å². The summed E-state index contributed by atoms with van der Waals surface area (Å²) in [5.74, 6) is -1.33. The van der Waals surface area contributed by atoms with Gasteiger partial charge >= 0.3 is 0 Å². The standard InChI is InChI=1S/C14H17F2NO2/c15-11-4-3-10(13(16)8-11)9-17(12-5-6-12)14(19)2-1-7-18/h3-4,8,12,18H,1-2,5-7,9H2. The Morgan fingerprint density at radius 3 is 2.68 bits per heavy atom. The maximum atomic E-state index is 13.6. The van der Waals surface area contributed by atoms with Gasteiger partial charge in [-0.25, -0.2) is 8.78 Å². The zero-order valence-corrected chi connectivity index (χ0v) is 10.6. The lowest BCUT2D eigenvalue weighted by atomic mass is 10.1. The Hall–Kier alpha value is -1.49. The van der Waals surface area contributed by atoms with E-state index in [1.54, 1.807) is 4.90 Å². The Labute approximate surface area is 110 Å². The summed E-state index contributed by atoms with van der Waals surface area (Å²) in [5, 5.41) is 8.74.